The van der Waals surface area contributed by atoms with Crippen molar-refractivity contribution < 1.29 is 28.7 Å². The number of ketones is 1. The van der Waals surface area contributed by atoms with Crippen molar-refractivity contribution in [2.24, 2.45) is 0 Å². The van der Waals surface area contributed by atoms with Crippen molar-refractivity contribution in [2.75, 3.05) is 0 Å². The number of amides is 2. The first-order chi connectivity index (χ1) is 11.5. The Labute approximate surface area is 134 Å². The van der Waals surface area contributed by atoms with E-state index >= 15 is 0 Å². The highest BCUT2D eigenvalue weighted by Crippen LogP contribution is 2.24. The summed E-state index contributed by atoms with van der Waals surface area (Å²) in [5, 5.41) is 2.14. The predicted molar refractivity (Wildman–Crippen MR) is 77.9 cm³/mol. The number of imide groups is 1. The third-order valence-electron chi connectivity index (χ3n) is 3.91. The molecule has 7 heteroatoms. The number of cyclic esters (lactones) is 2. The second-order valence-corrected chi connectivity index (χ2v) is 5.31. The normalized spacial score (nSPS) is 15.0. The van der Waals surface area contributed by atoms with Crippen molar-refractivity contribution in [1.82, 2.24) is 5.32 Å². The zero-order valence-corrected chi connectivity index (χ0v) is 11.9. The Bertz CT molecular complexity index is 925. The average Bonchev–Trinajstić information content (AvgIpc) is 3.02. The van der Waals surface area contributed by atoms with E-state index in [4.69, 9.17) is 0 Å². The quantitative estimate of drug-likeness (QED) is 0.384. The fraction of sp³-hybridized carbons (Fsp3) is 0. The number of esters is 2. The Morgan fingerprint density at radius 3 is 1.96 bits per heavy atom. The zero-order chi connectivity index (χ0) is 17.0. The van der Waals surface area contributed by atoms with Crippen molar-refractivity contribution in [1.29, 1.82) is 0 Å². The molecule has 116 valence electrons. The lowest BCUT2D eigenvalue weighted by Gasteiger charge is -2.04. The van der Waals surface area contributed by atoms with Crippen LogP contribution in [0.15, 0.2) is 36.4 Å². The van der Waals surface area contributed by atoms with Crippen LogP contribution in [0.5, 0.6) is 0 Å². The number of carbonyl (C=O) groups is 5. The van der Waals surface area contributed by atoms with E-state index in [0.29, 0.717) is 0 Å². The minimum atomic E-state index is -0.802. The van der Waals surface area contributed by atoms with Crippen LogP contribution in [0, 0.1) is 0 Å². The summed E-state index contributed by atoms with van der Waals surface area (Å²) in [6.07, 6.45) is 0. The molecule has 0 radical (unpaired) electrons. The maximum atomic E-state index is 12.6. The van der Waals surface area contributed by atoms with E-state index in [9.17, 15) is 24.0 Å². The fourth-order valence-corrected chi connectivity index (χ4v) is 2.70. The topological polar surface area (TPSA) is 107 Å². The van der Waals surface area contributed by atoms with Crippen molar-refractivity contribution in [2.45, 2.75) is 0 Å². The van der Waals surface area contributed by atoms with Gasteiger partial charge in [-0.1, -0.05) is 12.1 Å². The maximum absolute atomic E-state index is 12.6. The molecule has 2 aromatic rings. The third-order valence-corrected chi connectivity index (χ3v) is 3.91. The van der Waals surface area contributed by atoms with Crippen LogP contribution in [0.4, 0.5) is 0 Å². The summed E-state index contributed by atoms with van der Waals surface area (Å²) in [5.74, 6) is -3.06. The van der Waals surface area contributed by atoms with Crippen molar-refractivity contribution in [3.05, 3.63) is 69.8 Å². The average molecular weight is 321 g/mol. The van der Waals surface area contributed by atoms with Gasteiger partial charge < -0.3 is 4.74 Å². The van der Waals surface area contributed by atoms with Crippen LogP contribution < -0.4 is 5.32 Å². The minimum absolute atomic E-state index is 0.0277. The molecule has 0 spiro atoms. The molecule has 0 bridgehead atoms. The highest BCUT2D eigenvalue weighted by Gasteiger charge is 2.31. The molecule has 4 rings (SSSR count). The molecule has 0 fully saturated rings. The van der Waals surface area contributed by atoms with Crippen LogP contribution in [0.1, 0.15) is 57.4 Å². The highest BCUT2D eigenvalue weighted by atomic mass is 16.6. The molecule has 2 amide bonds. The smallest absolute Gasteiger partial charge is 0.346 e. The molecular weight excluding hydrogens is 314 g/mol. The van der Waals surface area contributed by atoms with E-state index in [1.807, 2.05) is 0 Å². The first kappa shape index (κ1) is 14.0. The Morgan fingerprint density at radius 1 is 0.708 bits per heavy atom. The standard InChI is InChI=1S/C17H7NO6/c19-13(7-1-3-9-11(5-7)15(21)18-14(9)20)8-2-4-10-12(6-8)17(23)24-16(10)22/h1-6H,(H,18,20,21). The number of nitrogens with one attached hydrogen (secondary N) is 1. The SMILES string of the molecule is O=C(c1ccc2c(c1)C(=O)NC2=O)c1ccc2c(c1)C(=O)OC2=O. The predicted octanol–water partition coefficient (Wildman–Crippen LogP) is 1.11. The molecule has 1 N–H and O–H groups in total. The summed E-state index contributed by atoms with van der Waals surface area (Å²) >= 11 is 0. The van der Waals surface area contributed by atoms with Crippen molar-refractivity contribution in [3.63, 3.8) is 0 Å². The number of benzene rings is 2. The highest BCUT2D eigenvalue weighted by molar-refractivity contribution is 6.23. The van der Waals surface area contributed by atoms with Gasteiger partial charge in [0.2, 0.25) is 0 Å². The number of hydrogen-bond donors (Lipinski definition) is 1. The van der Waals surface area contributed by atoms with Gasteiger partial charge >= 0.3 is 11.9 Å². The molecule has 2 aliphatic rings. The molecule has 2 aromatic carbocycles. The summed E-state index contributed by atoms with van der Waals surface area (Å²) in [6.45, 7) is 0. The van der Waals surface area contributed by atoms with Gasteiger partial charge in [-0.05, 0) is 24.3 Å². The molecule has 0 atom stereocenters. The van der Waals surface area contributed by atoms with E-state index in [0.717, 1.165) is 0 Å². The summed E-state index contributed by atoms with van der Waals surface area (Å²) in [7, 11) is 0. The molecule has 24 heavy (non-hydrogen) atoms. The second kappa shape index (κ2) is 4.69. The lowest BCUT2D eigenvalue weighted by molar-refractivity contribution is 0.0443. The van der Waals surface area contributed by atoms with E-state index in [2.05, 4.69) is 10.1 Å². The van der Waals surface area contributed by atoms with E-state index in [1.165, 1.54) is 36.4 Å². The van der Waals surface area contributed by atoms with Gasteiger partial charge in [-0.25, -0.2) is 9.59 Å². The Balaban J connectivity index is 1.76. The summed E-state index contributed by atoms with van der Waals surface area (Å²) in [5.41, 5.74) is 0.831. The van der Waals surface area contributed by atoms with Crippen LogP contribution in [-0.4, -0.2) is 29.5 Å². The Kier molecular flexibility index (Phi) is 2.74. The van der Waals surface area contributed by atoms with E-state index in [1.54, 1.807) is 0 Å². The Hall–Kier alpha value is -3.61. The largest absolute Gasteiger partial charge is 0.386 e. The van der Waals surface area contributed by atoms with Crippen molar-refractivity contribution >= 4 is 29.5 Å². The summed E-state index contributed by atoms with van der Waals surface area (Å²) < 4.78 is 4.48. The number of carbonyl (C=O) groups excluding carboxylic acids is 5. The monoisotopic (exact) mass is 321 g/mol. The van der Waals surface area contributed by atoms with Crippen LogP contribution in [0.25, 0.3) is 0 Å². The van der Waals surface area contributed by atoms with Crippen LogP contribution in [0.3, 0.4) is 0 Å². The van der Waals surface area contributed by atoms with E-state index < -0.39 is 29.5 Å². The number of ether oxygens (including phenoxy) is 1. The molecule has 7 nitrogen and oxygen atoms in total. The first-order valence-electron chi connectivity index (χ1n) is 6.90. The molecule has 0 aliphatic carbocycles. The summed E-state index contributed by atoms with van der Waals surface area (Å²) in [4.78, 5) is 58.8. The van der Waals surface area contributed by atoms with Crippen LogP contribution in [0.2, 0.25) is 0 Å². The van der Waals surface area contributed by atoms with Gasteiger partial charge in [0.05, 0.1) is 22.3 Å². The molecular formula is C17H7NO6. The molecule has 0 saturated carbocycles. The lowest BCUT2D eigenvalue weighted by atomic mass is 9.96. The lowest BCUT2D eigenvalue weighted by Crippen LogP contribution is -2.19. The number of fused-ring (bicyclic) bond motifs is 2. The molecule has 2 aliphatic heterocycles. The molecule has 0 aromatic heterocycles. The number of rotatable bonds is 2. The zero-order valence-electron chi connectivity index (χ0n) is 11.9. The number of hydrogen-bond acceptors (Lipinski definition) is 6. The Morgan fingerprint density at radius 2 is 1.25 bits per heavy atom. The van der Waals surface area contributed by atoms with Gasteiger partial charge in [-0.15, -0.1) is 0 Å². The summed E-state index contributed by atoms with van der Waals surface area (Å²) in [6, 6.07) is 8.18. The van der Waals surface area contributed by atoms with Gasteiger partial charge in [0.25, 0.3) is 11.8 Å². The third kappa shape index (κ3) is 1.88. The maximum Gasteiger partial charge on any atom is 0.346 e. The van der Waals surface area contributed by atoms with Gasteiger partial charge in [0, 0.05) is 11.1 Å². The molecule has 0 saturated heterocycles. The van der Waals surface area contributed by atoms with Gasteiger partial charge in [0.15, 0.2) is 5.78 Å². The van der Waals surface area contributed by atoms with Crippen LogP contribution in [-0.2, 0) is 4.74 Å². The van der Waals surface area contributed by atoms with E-state index in [-0.39, 0.29) is 33.4 Å². The molecule has 2 heterocycles. The first-order valence-corrected chi connectivity index (χ1v) is 6.90. The minimum Gasteiger partial charge on any atom is -0.386 e. The second-order valence-electron chi connectivity index (χ2n) is 5.31. The molecule has 0 unspecified atom stereocenters. The van der Waals surface area contributed by atoms with Gasteiger partial charge in [-0.2, -0.15) is 0 Å². The van der Waals surface area contributed by atoms with Gasteiger partial charge in [-0.3, -0.25) is 19.7 Å². The van der Waals surface area contributed by atoms with Crippen molar-refractivity contribution in [3.8, 4) is 0 Å². The fourth-order valence-electron chi connectivity index (χ4n) is 2.70. The van der Waals surface area contributed by atoms with Gasteiger partial charge in [0.1, 0.15) is 0 Å². The van der Waals surface area contributed by atoms with Crippen LogP contribution >= 0.6 is 0 Å².